The molecule has 0 fully saturated rings. The third-order valence-electron chi connectivity index (χ3n) is 3.42. The van der Waals surface area contributed by atoms with E-state index in [1.165, 1.54) is 19.2 Å². The molecule has 1 aliphatic heterocycles. The van der Waals surface area contributed by atoms with Gasteiger partial charge < -0.3 is 14.7 Å². The summed E-state index contributed by atoms with van der Waals surface area (Å²) in [5, 5.41) is 8.86. The predicted molar refractivity (Wildman–Crippen MR) is 77.9 cm³/mol. The van der Waals surface area contributed by atoms with Gasteiger partial charge in [-0.1, -0.05) is 12.1 Å². The highest BCUT2D eigenvalue weighted by atomic mass is 16.5. The first-order valence-electron chi connectivity index (χ1n) is 6.89. The largest absolute Gasteiger partial charge is 0.480 e. The molecular formula is C15H16N2O6. The third-order valence-corrected chi connectivity index (χ3v) is 3.42. The van der Waals surface area contributed by atoms with E-state index in [1.807, 2.05) is 0 Å². The molecule has 23 heavy (non-hydrogen) atoms. The molecule has 0 aromatic heterocycles. The Morgan fingerprint density at radius 2 is 1.74 bits per heavy atom. The maximum atomic E-state index is 12.2. The van der Waals surface area contributed by atoms with E-state index in [4.69, 9.17) is 9.84 Å². The van der Waals surface area contributed by atoms with Gasteiger partial charge in [0, 0.05) is 13.7 Å². The minimum absolute atomic E-state index is 0.0603. The average Bonchev–Trinajstić information content (AvgIpc) is 2.76. The quantitative estimate of drug-likeness (QED) is 0.700. The standard InChI is InChI=1S/C15H16N2O6/c1-23-7-6-16(9-13(19)20)12(18)8-17-14(21)10-4-2-3-5-11(10)15(17)22/h2-5H,6-9H2,1H3,(H,19,20). The summed E-state index contributed by atoms with van der Waals surface area (Å²) in [6.07, 6.45) is 0. The summed E-state index contributed by atoms with van der Waals surface area (Å²) in [5.74, 6) is -2.92. The monoisotopic (exact) mass is 320 g/mol. The Balaban J connectivity index is 2.11. The summed E-state index contributed by atoms with van der Waals surface area (Å²) in [5.41, 5.74) is 0.485. The van der Waals surface area contributed by atoms with E-state index in [0.29, 0.717) is 0 Å². The Kier molecular flexibility index (Phi) is 5.07. The fourth-order valence-electron chi connectivity index (χ4n) is 2.27. The van der Waals surface area contributed by atoms with Gasteiger partial charge in [0.15, 0.2) is 0 Å². The average molecular weight is 320 g/mol. The van der Waals surface area contributed by atoms with E-state index in [0.717, 1.165) is 9.80 Å². The molecule has 8 heteroatoms. The summed E-state index contributed by atoms with van der Waals surface area (Å²) < 4.78 is 4.83. The van der Waals surface area contributed by atoms with Gasteiger partial charge in [0.05, 0.1) is 17.7 Å². The van der Waals surface area contributed by atoms with E-state index < -0.39 is 36.8 Å². The van der Waals surface area contributed by atoms with E-state index in [2.05, 4.69) is 0 Å². The van der Waals surface area contributed by atoms with Crippen molar-refractivity contribution in [3.63, 3.8) is 0 Å². The van der Waals surface area contributed by atoms with Crippen molar-refractivity contribution in [3.8, 4) is 0 Å². The first-order valence-corrected chi connectivity index (χ1v) is 6.89. The second kappa shape index (κ2) is 7.01. The fourth-order valence-corrected chi connectivity index (χ4v) is 2.27. The third kappa shape index (κ3) is 3.54. The number of carboxylic acids is 1. The van der Waals surface area contributed by atoms with E-state index in [9.17, 15) is 19.2 Å². The highest BCUT2D eigenvalue weighted by Gasteiger charge is 2.37. The Hall–Kier alpha value is -2.74. The molecule has 122 valence electrons. The van der Waals surface area contributed by atoms with Crippen LogP contribution in [0.2, 0.25) is 0 Å². The topological polar surface area (TPSA) is 104 Å². The van der Waals surface area contributed by atoms with Crippen LogP contribution in [0.5, 0.6) is 0 Å². The van der Waals surface area contributed by atoms with Crippen molar-refractivity contribution in [2.45, 2.75) is 0 Å². The zero-order chi connectivity index (χ0) is 17.0. The van der Waals surface area contributed by atoms with Crippen LogP contribution in [0, 0.1) is 0 Å². The Bertz CT molecular complexity index is 622. The van der Waals surface area contributed by atoms with Crippen LogP contribution in [0.1, 0.15) is 20.7 Å². The summed E-state index contributed by atoms with van der Waals surface area (Å²) in [4.78, 5) is 49.3. The van der Waals surface area contributed by atoms with Crippen LogP contribution in [-0.4, -0.2) is 71.9 Å². The fraction of sp³-hybridized carbons (Fsp3) is 0.333. The number of hydrogen-bond acceptors (Lipinski definition) is 5. The number of carboxylic acid groups (broad SMARTS) is 1. The van der Waals surface area contributed by atoms with Crippen molar-refractivity contribution in [1.82, 2.24) is 9.80 Å². The number of carbonyl (C=O) groups excluding carboxylic acids is 3. The Labute approximate surface area is 132 Å². The van der Waals surface area contributed by atoms with Gasteiger partial charge in [-0.25, -0.2) is 0 Å². The maximum Gasteiger partial charge on any atom is 0.323 e. The second-order valence-electron chi connectivity index (χ2n) is 4.94. The molecule has 3 amide bonds. The number of nitrogens with zero attached hydrogens (tertiary/aromatic N) is 2. The SMILES string of the molecule is COCCN(CC(=O)O)C(=O)CN1C(=O)c2ccccc2C1=O. The van der Waals surface area contributed by atoms with Gasteiger partial charge in [-0.05, 0) is 12.1 Å². The van der Waals surface area contributed by atoms with Crippen molar-refractivity contribution in [3.05, 3.63) is 35.4 Å². The predicted octanol–water partition coefficient (Wildman–Crippen LogP) is -0.158. The van der Waals surface area contributed by atoms with E-state index in [1.54, 1.807) is 12.1 Å². The zero-order valence-electron chi connectivity index (χ0n) is 12.5. The lowest BCUT2D eigenvalue weighted by Gasteiger charge is -2.22. The molecule has 1 aromatic carbocycles. The van der Waals surface area contributed by atoms with E-state index in [-0.39, 0.29) is 24.3 Å². The van der Waals surface area contributed by atoms with Crippen molar-refractivity contribution >= 4 is 23.7 Å². The van der Waals surface area contributed by atoms with Crippen LogP contribution in [0.25, 0.3) is 0 Å². The minimum Gasteiger partial charge on any atom is -0.480 e. The van der Waals surface area contributed by atoms with Crippen LogP contribution >= 0.6 is 0 Å². The molecule has 0 saturated heterocycles. The molecular weight excluding hydrogens is 304 g/mol. The Morgan fingerprint density at radius 1 is 1.17 bits per heavy atom. The van der Waals surface area contributed by atoms with Crippen LogP contribution in [-0.2, 0) is 14.3 Å². The van der Waals surface area contributed by atoms with Crippen LogP contribution in [0.4, 0.5) is 0 Å². The molecule has 2 rings (SSSR count). The number of benzene rings is 1. The van der Waals surface area contributed by atoms with Gasteiger partial charge in [-0.2, -0.15) is 0 Å². The van der Waals surface area contributed by atoms with Crippen LogP contribution < -0.4 is 0 Å². The summed E-state index contributed by atoms with van der Waals surface area (Å²) in [6, 6.07) is 6.29. The summed E-state index contributed by atoms with van der Waals surface area (Å²) in [6.45, 7) is -0.805. The number of methoxy groups -OCH3 is 1. The zero-order valence-corrected chi connectivity index (χ0v) is 12.5. The highest BCUT2D eigenvalue weighted by Crippen LogP contribution is 2.22. The molecule has 0 radical (unpaired) electrons. The first kappa shape index (κ1) is 16.6. The second-order valence-corrected chi connectivity index (χ2v) is 4.94. The molecule has 1 aliphatic rings. The molecule has 1 N–H and O–H groups in total. The van der Waals surface area contributed by atoms with Crippen molar-refractivity contribution in [2.75, 3.05) is 33.4 Å². The lowest BCUT2D eigenvalue weighted by molar-refractivity contribution is -0.144. The molecule has 0 spiro atoms. The van der Waals surface area contributed by atoms with Gasteiger partial charge in [0.1, 0.15) is 13.1 Å². The normalized spacial score (nSPS) is 13.2. The van der Waals surface area contributed by atoms with E-state index >= 15 is 0 Å². The van der Waals surface area contributed by atoms with Gasteiger partial charge in [0.25, 0.3) is 11.8 Å². The minimum atomic E-state index is -1.18. The smallest absolute Gasteiger partial charge is 0.323 e. The molecule has 0 unspecified atom stereocenters. The summed E-state index contributed by atoms with van der Waals surface area (Å²) >= 11 is 0. The van der Waals surface area contributed by atoms with Gasteiger partial charge in [0.2, 0.25) is 5.91 Å². The Morgan fingerprint density at radius 3 is 2.22 bits per heavy atom. The lowest BCUT2D eigenvalue weighted by atomic mass is 10.1. The molecule has 1 heterocycles. The molecule has 0 saturated carbocycles. The van der Waals surface area contributed by atoms with Crippen molar-refractivity contribution < 1.29 is 29.0 Å². The van der Waals surface area contributed by atoms with Crippen LogP contribution in [0.15, 0.2) is 24.3 Å². The number of amides is 3. The molecule has 0 aliphatic carbocycles. The number of rotatable bonds is 7. The van der Waals surface area contributed by atoms with Gasteiger partial charge >= 0.3 is 5.97 Å². The van der Waals surface area contributed by atoms with Crippen molar-refractivity contribution in [2.24, 2.45) is 0 Å². The number of hydrogen-bond donors (Lipinski definition) is 1. The lowest BCUT2D eigenvalue weighted by Crippen LogP contribution is -2.45. The van der Waals surface area contributed by atoms with Gasteiger partial charge in [-0.15, -0.1) is 0 Å². The number of ether oxygens (including phenoxy) is 1. The molecule has 0 atom stereocenters. The first-order chi connectivity index (χ1) is 11.0. The summed E-state index contributed by atoms with van der Waals surface area (Å²) in [7, 11) is 1.42. The number of imide groups is 1. The van der Waals surface area contributed by atoms with Crippen LogP contribution in [0.3, 0.4) is 0 Å². The molecule has 1 aromatic rings. The molecule has 8 nitrogen and oxygen atoms in total. The molecule has 0 bridgehead atoms. The number of fused-ring (bicyclic) bond motifs is 1. The van der Waals surface area contributed by atoms with Crippen molar-refractivity contribution in [1.29, 1.82) is 0 Å². The number of aliphatic carboxylic acids is 1. The number of carbonyl (C=O) groups is 4. The maximum absolute atomic E-state index is 12.2. The highest BCUT2D eigenvalue weighted by molar-refractivity contribution is 6.22. The van der Waals surface area contributed by atoms with Gasteiger partial charge in [-0.3, -0.25) is 24.1 Å².